The molecule has 2 aliphatic rings. The number of nitrogens with two attached hydrogens (primary N) is 1. The second-order valence-corrected chi connectivity index (χ2v) is 12.1. The van der Waals surface area contributed by atoms with Crippen LogP contribution in [0.25, 0.3) is 0 Å². The standard InChI is InChI=1S/C30H39Cl2F3N4O2/c1-20(2)16-26(36)24-18-22(30(33,34)35)5-7-27(24)38-9-11-39(12-10-38)29(40)28(37-8-3-14-41-15-13-37)17-21-4-6-23(31)19-25(21)32/h4-7,18-20,26,28H,3,8-17,36H2,1-2H3. The number of hydrogen-bond acceptors (Lipinski definition) is 5. The Morgan fingerprint density at radius 3 is 2.39 bits per heavy atom. The quantitative estimate of drug-likeness (QED) is 0.393. The van der Waals surface area contributed by atoms with Gasteiger partial charge in [-0.25, -0.2) is 0 Å². The zero-order valence-corrected chi connectivity index (χ0v) is 25.1. The van der Waals surface area contributed by atoms with Crippen molar-refractivity contribution in [2.45, 2.75) is 51.4 Å². The number of halogens is 5. The molecular weight excluding hydrogens is 576 g/mol. The molecule has 226 valence electrons. The fourth-order valence-electron chi connectivity index (χ4n) is 5.67. The first-order valence-corrected chi connectivity index (χ1v) is 15.0. The van der Waals surface area contributed by atoms with Crippen LogP contribution in [-0.2, 0) is 22.1 Å². The normalized spacial score (nSPS) is 18.9. The number of piperazine rings is 1. The Morgan fingerprint density at radius 2 is 1.73 bits per heavy atom. The summed E-state index contributed by atoms with van der Waals surface area (Å²) in [7, 11) is 0. The van der Waals surface area contributed by atoms with Gasteiger partial charge < -0.3 is 20.3 Å². The van der Waals surface area contributed by atoms with E-state index in [-0.39, 0.29) is 11.8 Å². The zero-order chi connectivity index (χ0) is 29.7. The van der Waals surface area contributed by atoms with Gasteiger partial charge in [0.2, 0.25) is 5.91 Å². The van der Waals surface area contributed by atoms with Crippen LogP contribution >= 0.6 is 23.2 Å². The number of carbonyl (C=O) groups excluding carboxylic acids is 1. The lowest BCUT2D eigenvalue weighted by Gasteiger charge is -2.40. The Hall–Kier alpha value is -2.04. The Bertz CT molecular complexity index is 1180. The second kappa shape index (κ2) is 14.0. The highest BCUT2D eigenvalue weighted by molar-refractivity contribution is 6.35. The van der Waals surface area contributed by atoms with E-state index in [0.29, 0.717) is 80.1 Å². The lowest BCUT2D eigenvalue weighted by Crippen LogP contribution is -2.56. The lowest BCUT2D eigenvalue weighted by molar-refractivity contribution is -0.138. The molecule has 2 aromatic rings. The van der Waals surface area contributed by atoms with Crippen molar-refractivity contribution < 1.29 is 22.7 Å². The van der Waals surface area contributed by atoms with Crippen molar-refractivity contribution in [3.8, 4) is 0 Å². The fraction of sp³-hybridized carbons (Fsp3) is 0.567. The fourth-order valence-corrected chi connectivity index (χ4v) is 6.16. The number of nitrogens with zero attached hydrogens (tertiary/aromatic N) is 3. The zero-order valence-electron chi connectivity index (χ0n) is 23.6. The molecule has 0 bridgehead atoms. The second-order valence-electron chi connectivity index (χ2n) is 11.3. The summed E-state index contributed by atoms with van der Waals surface area (Å²) in [4.78, 5) is 20.1. The third kappa shape index (κ3) is 8.29. The summed E-state index contributed by atoms with van der Waals surface area (Å²) in [5.41, 5.74) is 7.78. The minimum absolute atomic E-state index is 0.0155. The van der Waals surface area contributed by atoms with E-state index >= 15 is 0 Å². The minimum atomic E-state index is -4.45. The molecule has 0 aromatic heterocycles. The first-order valence-electron chi connectivity index (χ1n) is 14.2. The van der Waals surface area contributed by atoms with Gasteiger partial charge in [-0.1, -0.05) is 43.1 Å². The van der Waals surface area contributed by atoms with Crippen molar-refractivity contribution in [2.75, 3.05) is 57.4 Å². The van der Waals surface area contributed by atoms with Gasteiger partial charge in [0, 0.05) is 67.6 Å². The highest BCUT2D eigenvalue weighted by Gasteiger charge is 2.35. The maximum absolute atomic E-state index is 14.0. The van der Waals surface area contributed by atoms with Crippen molar-refractivity contribution >= 4 is 34.8 Å². The minimum Gasteiger partial charge on any atom is -0.380 e. The summed E-state index contributed by atoms with van der Waals surface area (Å²) >= 11 is 12.6. The molecule has 2 aromatic carbocycles. The van der Waals surface area contributed by atoms with Crippen LogP contribution < -0.4 is 10.6 Å². The molecule has 6 nitrogen and oxygen atoms in total. The molecule has 41 heavy (non-hydrogen) atoms. The summed E-state index contributed by atoms with van der Waals surface area (Å²) in [6.07, 6.45) is -2.60. The summed E-state index contributed by atoms with van der Waals surface area (Å²) in [5.74, 6) is 0.249. The number of benzene rings is 2. The molecule has 11 heteroatoms. The van der Waals surface area contributed by atoms with Crippen LogP contribution in [0.2, 0.25) is 10.0 Å². The molecule has 0 aliphatic carbocycles. The van der Waals surface area contributed by atoms with E-state index < -0.39 is 23.8 Å². The van der Waals surface area contributed by atoms with Gasteiger partial charge in [0.1, 0.15) is 0 Å². The van der Waals surface area contributed by atoms with Crippen LogP contribution in [0, 0.1) is 5.92 Å². The molecule has 2 unspecified atom stereocenters. The predicted molar refractivity (Wildman–Crippen MR) is 158 cm³/mol. The molecule has 0 radical (unpaired) electrons. The van der Waals surface area contributed by atoms with E-state index in [2.05, 4.69) is 4.90 Å². The third-order valence-corrected chi connectivity index (χ3v) is 8.41. The van der Waals surface area contributed by atoms with Crippen LogP contribution in [0.15, 0.2) is 36.4 Å². The average molecular weight is 616 g/mol. The molecular formula is C30H39Cl2F3N4O2. The van der Waals surface area contributed by atoms with Crippen molar-refractivity contribution in [3.05, 3.63) is 63.1 Å². The van der Waals surface area contributed by atoms with Gasteiger partial charge in [-0.2, -0.15) is 13.2 Å². The molecule has 4 rings (SSSR count). The van der Waals surface area contributed by atoms with Crippen molar-refractivity contribution in [2.24, 2.45) is 11.7 Å². The van der Waals surface area contributed by atoms with E-state index in [1.165, 1.54) is 12.1 Å². The number of anilines is 1. The first kappa shape index (κ1) is 31.9. The Kier molecular flexibility index (Phi) is 10.9. The third-order valence-electron chi connectivity index (χ3n) is 7.82. The van der Waals surface area contributed by atoms with E-state index in [9.17, 15) is 18.0 Å². The SMILES string of the molecule is CC(C)CC(N)c1cc(C(F)(F)F)ccc1N1CCN(C(=O)C(Cc2ccc(Cl)cc2Cl)N2CCCOCC2)CC1. The molecule has 2 saturated heterocycles. The van der Waals surface area contributed by atoms with Crippen LogP contribution in [0.4, 0.5) is 18.9 Å². The molecule has 2 atom stereocenters. The van der Waals surface area contributed by atoms with Gasteiger partial charge in [0.05, 0.1) is 18.2 Å². The van der Waals surface area contributed by atoms with Gasteiger partial charge in [0.25, 0.3) is 0 Å². The van der Waals surface area contributed by atoms with E-state index in [1.54, 1.807) is 12.1 Å². The number of carbonyl (C=O) groups is 1. The van der Waals surface area contributed by atoms with Crippen molar-refractivity contribution in [3.63, 3.8) is 0 Å². The molecule has 2 heterocycles. The van der Waals surface area contributed by atoms with Crippen LogP contribution in [0.5, 0.6) is 0 Å². The molecule has 0 spiro atoms. The predicted octanol–water partition coefficient (Wildman–Crippen LogP) is 6.04. The van der Waals surface area contributed by atoms with E-state index in [0.717, 1.165) is 24.6 Å². The topological polar surface area (TPSA) is 62.0 Å². The number of ether oxygens (including phenoxy) is 1. The summed E-state index contributed by atoms with van der Waals surface area (Å²) < 4.78 is 46.3. The van der Waals surface area contributed by atoms with Gasteiger partial charge in [-0.15, -0.1) is 0 Å². The number of hydrogen-bond donors (Lipinski definition) is 1. The van der Waals surface area contributed by atoms with Gasteiger partial charge in [0.15, 0.2) is 0 Å². The first-order chi connectivity index (χ1) is 19.4. The Labute approximate surface area is 250 Å². The van der Waals surface area contributed by atoms with Crippen LogP contribution in [0.3, 0.4) is 0 Å². The van der Waals surface area contributed by atoms with Gasteiger partial charge in [-0.05, 0) is 66.6 Å². The number of alkyl halides is 3. The lowest BCUT2D eigenvalue weighted by atomic mass is 9.94. The van der Waals surface area contributed by atoms with Crippen LogP contribution in [0.1, 0.15) is 49.4 Å². The summed E-state index contributed by atoms with van der Waals surface area (Å²) in [6.45, 7) is 8.50. The smallest absolute Gasteiger partial charge is 0.380 e. The molecule has 1 amide bonds. The summed E-state index contributed by atoms with van der Waals surface area (Å²) in [5, 5.41) is 1.07. The molecule has 2 aliphatic heterocycles. The van der Waals surface area contributed by atoms with Gasteiger partial charge in [-0.3, -0.25) is 9.69 Å². The number of amides is 1. The largest absolute Gasteiger partial charge is 0.416 e. The Morgan fingerprint density at radius 1 is 1.00 bits per heavy atom. The highest BCUT2D eigenvalue weighted by atomic mass is 35.5. The molecule has 2 fully saturated rings. The van der Waals surface area contributed by atoms with E-state index in [4.69, 9.17) is 33.7 Å². The molecule has 2 N–H and O–H groups in total. The van der Waals surface area contributed by atoms with E-state index in [1.807, 2.05) is 29.7 Å². The number of rotatable bonds is 8. The molecule has 0 saturated carbocycles. The monoisotopic (exact) mass is 614 g/mol. The van der Waals surface area contributed by atoms with Crippen molar-refractivity contribution in [1.82, 2.24) is 9.80 Å². The summed E-state index contributed by atoms with van der Waals surface area (Å²) in [6, 6.07) is 8.23. The van der Waals surface area contributed by atoms with Gasteiger partial charge >= 0.3 is 6.18 Å². The van der Waals surface area contributed by atoms with Crippen molar-refractivity contribution in [1.29, 1.82) is 0 Å². The Balaban J connectivity index is 1.52. The average Bonchev–Trinajstić information content (AvgIpc) is 3.21. The van der Waals surface area contributed by atoms with Crippen LogP contribution in [-0.4, -0.2) is 74.2 Å². The maximum Gasteiger partial charge on any atom is 0.416 e. The highest BCUT2D eigenvalue weighted by Crippen LogP contribution is 2.36. The maximum atomic E-state index is 14.0.